The summed E-state index contributed by atoms with van der Waals surface area (Å²) in [6.45, 7) is 2.42. The monoisotopic (exact) mass is 248 g/mol. The maximum Gasteiger partial charge on any atom is 0.0681 e. The lowest BCUT2D eigenvalue weighted by atomic mass is 10.0. The molecule has 0 amide bonds. The molecular weight excluding hydrogens is 220 g/mol. The van der Waals surface area contributed by atoms with Gasteiger partial charge in [0.25, 0.3) is 0 Å². The molecule has 0 saturated carbocycles. The molecule has 0 spiro atoms. The molecule has 1 rings (SSSR count). The Bertz CT molecular complexity index is 289. The standard InChI is InChI=1S/C17H28O/c1-2-3-4-5-6-7-8-9-10-16-11-13-17(15-18)14-12-16/h11-14,18H,2-10,15H2,1H3. The van der Waals surface area contributed by atoms with Gasteiger partial charge < -0.3 is 5.11 Å². The summed E-state index contributed by atoms with van der Waals surface area (Å²) in [7, 11) is 0. The molecule has 0 unspecified atom stereocenters. The van der Waals surface area contributed by atoms with E-state index in [0.29, 0.717) is 0 Å². The van der Waals surface area contributed by atoms with Crippen LogP contribution in [-0.4, -0.2) is 5.11 Å². The molecule has 0 aliphatic heterocycles. The second-order valence-corrected chi connectivity index (χ2v) is 5.20. The molecule has 0 aliphatic carbocycles. The van der Waals surface area contributed by atoms with Gasteiger partial charge in [0.1, 0.15) is 0 Å². The SMILES string of the molecule is CCCCCCCCCCc1ccc(CO)cc1. The Kier molecular flexibility index (Phi) is 8.58. The van der Waals surface area contributed by atoms with Gasteiger partial charge in [-0.25, -0.2) is 0 Å². The van der Waals surface area contributed by atoms with Crippen LogP contribution in [0, 0.1) is 0 Å². The van der Waals surface area contributed by atoms with Crippen LogP contribution in [0.3, 0.4) is 0 Å². The molecule has 1 aromatic rings. The van der Waals surface area contributed by atoms with E-state index in [1.54, 1.807) is 0 Å². The first kappa shape index (κ1) is 15.2. The lowest BCUT2D eigenvalue weighted by molar-refractivity contribution is 0.282. The molecule has 0 saturated heterocycles. The van der Waals surface area contributed by atoms with Crippen LogP contribution in [0.15, 0.2) is 24.3 Å². The van der Waals surface area contributed by atoms with Crippen LogP contribution in [-0.2, 0) is 13.0 Å². The highest BCUT2D eigenvalue weighted by Crippen LogP contribution is 2.12. The zero-order valence-electron chi connectivity index (χ0n) is 11.8. The van der Waals surface area contributed by atoms with Gasteiger partial charge in [-0.05, 0) is 24.0 Å². The highest BCUT2D eigenvalue weighted by atomic mass is 16.3. The summed E-state index contributed by atoms with van der Waals surface area (Å²) >= 11 is 0. The summed E-state index contributed by atoms with van der Waals surface area (Å²) in [5, 5.41) is 8.96. The predicted molar refractivity (Wildman–Crippen MR) is 78.7 cm³/mol. The summed E-state index contributed by atoms with van der Waals surface area (Å²) in [4.78, 5) is 0. The van der Waals surface area contributed by atoms with Crippen molar-refractivity contribution < 1.29 is 5.11 Å². The first-order valence-corrected chi connectivity index (χ1v) is 7.55. The molecule has 0 atom stereocenters. The Hall–Kier alpha value is -0.820. The second-order valence-electron chi connectivity index (χ2n) is 5.20. The minimum atomic E-state index is 0.151. The number of aliphatic hydroxyl groups excluding tert-OH is 1. The molecular formula is C17H28O. The highest BCUT2D eigenvalue weighted by molar-refractivity contribution is 5.21. The van der Waals surface area contributed by atoms with Gasteiger partial charge in [0.15, 0.2) is 0 Å². The van der Waals surface area contributed by atoms with Gasteiger partial charge in [0.2, 0.25) is 0 Å². The van der Waals surface area contributed by atoms with Crippen LogP contribution in [0.25, 0.3) is 0 Å². The summed E-state index contributed by atoms with van der Waals surface area (Å²) in [6, 6.07) is 8.35. The zero-order chi connectivity index (χ0) is 13.1. The van der Waals surface area contributed by atoms with Crippen molar-refractivity contribution in [1.82, 2.24) is 0 Å². The first-order valence-electron chi connectivity index (χ1n) is 7.55. The Morgan fingerprint density at radius 3 is 1.78 bits per heavy atom. The molecule has 0 heterocycles. The average molecular weight is 248 g/mol. The highest BCUT2D eigenvalue weighted by Gasteiger charge is 1.95. The van der Waals surface area contributed by atoms with Crippen molar-refractivity contribution in [3.63, 3.8) is 0 Å². The van der Waals surface area contributed by atoms with Gasteiger partial charge in [0, 0.05) is 0 Å². The summed E-state index contributed by atoms with van der Waals surface area (Å²) < 4.78 is 0. The van der Waals surface area contributed by atoms with E-state index >= 15 is 0 Å². The number of hydrogen-bond donors (Lipinski definition) is 1. The molecule has 102 valence electrons. The number of aryl methyl sites for hydroxylation is 1. The quantitative estimate of drug-likeness (QED) is 0.586. The molecule has 1 nitrogen and oxygen atoms in total. The fourth-order valence-electron chi connectivity index (χ4n) is 2.27. The zero-order valence-corrected chi connectivity index (χ0v) is 11.8. The van der Waals surface area contributed by atoms with Crippen LogP contribution in [0.1, 0.15) is 69.4 Å². The normalized spacial score (nSPS) is 10.8. The molecule has 1 heteroatoms. The molecule has 0 fully saturated rings. The van der Waals surface area contributed by atoms with Crippen LogP contribution in [0.4, 0.5) is 0 Å². The van der Waals surface area contributed by atoms with Crippen molar-refractivity contribution in [1.29, 1.82) is 0 Å². The third-order valence-corrected chi connectivity index (χ3v) is 3.52. The van der Waals surface area contributed by atoms with Crippen LogP contribution in [0.5, 0.6) is 0 Å². The fraction of sp³-hybridized carbons (Fsp3) is 0.647. The van der Waals surface area contributed by atoms with E-state index in [0.717, 1.165) is 5.56 Å². The van der Waals surface area contributed by atoms with Crippen molar-refractivity contribution in [3.05, 3.63) is 35.4 Å². The maximum absolute atomic E-state index is 8.96. The Balaban J connectivity index is 2.00. The van der Waals surface area contributed by atoms with Crippen molar-refractivity contribution in [2.45, 2.75) is 71.3 Å². The van der Waals surface area contributed by atoms with Gasteiger partial charge in [-0.15, -0.1) is 0 Å². The van der Waals surface area contributed by atoms with E-state index in [1.807, 2.05) is 12.1 Å². The number of aliphatic hydroxyl groups is 1. The minimum absolute atomic E-state index is 0.151. The third kappa shape index (κ3) is 6.80. The van der Waals surface area contributed by atoms with Gasteiger partial charge in [-0.3, -0.25) is 0 Å². The number of rotatable bonds is 10. The Morgan fingerprint density at radius 1 is 0.722 bits per heavy atom. The molecule has 0 aliphatic rings. The van der Waals surface area contributed by atoms with Gasteiger partial charge in [-0.1, -0.05) is 76.1 Å². The minimum Gasteiger partial charge on any atom is -0.392 e. The number of benzene rings is 1. The van der Waals surface area contributed by atoms with E-state index < -0.39 is 0 Å². The lowest BCUT2D eigenvalue weighted by Gasteiger charge is -2.03. The number of unbranched alkanes of at least 4 members (excludes halogenated alkanes) is 7. The summed E-state index contributed by atoms with van der Waals surface area (Å²) in [5.74, 6) is 0. The number of hydrogen-bond acceptors (Lipinski definition) is 1. The maximum atomic E-state index is 8.96. The smallest absolute Gasteiger partial charge is 0.0681 e. The van der Waals surface area contributed by atoms with E-state index in [2.05, 4.69) is 19.1 Å². The van der Waals surface area contributed by atoms with Crippen molar-refractivity contribution in [2.24, 2.45) is 0 Å². The molecule has 1 N–H and O–H groups in total. The van der Waals surface area contributed by atoms with Crippen molar-refractivity contribution in [3.8, 4) is 0 Å². The fourth-order valence-corrected chi connectivity index (χ4v) is 2.27. The van der Waals surface area contributed by atoms with Crippen molar-refractivity contribution >= 4 is 0 Å². The second kappa shape index (κ2) is 10.1. The van der Waals surface area contributed by atoms with E-state index in [1.165, 1.54) is 63.4 Å². The summed E-state index contributed by atoms with van der Waals surface area (Å²) in [5.41, 5.74) is 2.41. The Labute approximate surface area is 112 Å². The van der Waals surface area contributed by atoms with Crippen LogP contribution >= 0.6 is 0 Å². The molecule has 0 radical (unpaired) electrons. The van der Waals surface area contributed by atoms with Gasteiger partial charge in [-0.2, -0.15) is 0 Å². The van der Waals surface area contributed by atoms with E-state index in [4.69, 9.17) is 5.11 Å². The van der Waals surface area contributed by atoms with Crippen molar-refractivity contribution in [2.75, 3.05) is 0 Å². The Morgan fingerprint density at radius 2 is 1.22 bits per heavy atom. The summed E-state index contributed by atoms with van der Waals surface area (Å²) in [6.07, 6.45) is 12.2. The average Bonchev–Trinajstić information content (AvgIpc) is 2.42. The largest absolute Gasteiger partial charge is 0.392 e. The van der Waals surface area contributed by atoms with E-state index in [-0.39, 0.29) is 6.61 Å². The molecule has 1 aromatic carbocycles. The van der Waals surface area contributed by atoms with E-state index in [9.17, 15) is 0 Å². The third-order valence-electron chi connectivity index (χ3n) is 3.52. The molecule has 18 heavy (non-hydrogen) atoms. The molecule has 0 aromatic heterocycles. The molecule has 0 bridgehead atoms. The lowest BCUT2D eigenvalue weighted by Crippen LogP contribution is -1.88. The van der Waals surface area contributed by atoms with Crippen LogP contribution < -0.4 is 0 Å². The van der Waals surface area contributed by atoms with Gasteiger partial charge in [0.05, 0.1) is 6.61 Å². The van der Waals surface area contributed by atoms with Crippen LogP contribution in [0.2, 0.25) is 0 Å². The topological polar surface area (TPSA) is 20.2 Å². The predicted octanol–water partition coefficient (Wildman–Crippen LogP) is 4.86. The first-order chi connectivity index (χ1) is 8.86. The van der Waals surface area contributed by atoms with Gasteiger partial charge >= 0.3 is 0 Å².